The third-order valence-corrected chi connectivity index (χ3v) is 5.71. The van der Waals surface area contributed by atoms with Gasteiger partial charge in [-0.2, -0.15) is 0 Å². The number of nitrogens with two attached hydrogens (primary N) is 1. The van der Waals surface area contributed by atoms with Gasteiger partial charge in [-0.3, -0.25) is 4.79 Å². The standard InChI is InChI=1S/C20H24N2O.ClH/c21-19-9-8-17-12-22(13-18(17)19)20(23)10-6-14-5-7-15-3-1-2-4-16(15)11-14;/h1-5,7,11,17-19H,6,8-10,12-13,21H2;1H. The molecule has 24 heavy (non-hydrogen) atoms. The van der Waals surface area contributed by atoms with Crippen LogP contribution in [0.2, 0.25) is 0 Å². The molecule has 0 aromatic heterocycles. The van der Waals surface area contributed by atoms with Crippen molar-refractivity contribution in [3.05, 3.63) is 48.0 Å². The van der Waals surface area contributed by atoms with Crippen molar-refractivity contribution in [2.45, 2.75) is 31.7 Å². The lowest BCUT2D eigenvalue weighted by Crippen LogP contribution is -2.33. The van der Waals surface area contributed by atoms with Crippen molar-refractivity contribution >= 4 is 29.1 Å². The molecule has 128 valence electrons. The maximum Gasteiger partial charge on any atom is 0.222 e. The van der Waals surface area contributed by atoms with Crippen LogP contribution in [0.15, 0.2) is 42.5 Å². The van der Waals surface area contributed by atoms with Crippen LogP contribution in [0, 0.1) is 11.8 Å². The van der Waals surface area contributed by atoms with Crippen molar-refractivity contribution in [1.29, 1.82) is 0 Å². The van der Waals surface area contributed by atoms with E-state index in [1.54, 1.807) is 0 Å². The first-order valence-corrected chi connectivity index (χ1v) is 8.72. The van der Waals surface area contributed by atoms with Gasteiger partial charge in [-0.05, 0) is 47.4 Å². The highest BCUT2D eigenvalue weighted by Gasteiger charge is 2.42. The number of hydrogen-bond acceptors (Lipinski definition) is 2. The van der Waals surface area contributed by atoms with E-state index in [9.17, 15) is 4.79 Å². The molecule has 0 spiro atoms. The van der Waals surface area contributed by atoms with Crippen molar-refractivity contribution in [1.82, 2.24) is 4.90 Å². The van der Waals surface area contributed by atoms with Crippen LogP contribution >= 0.6 is 12.4 Å². The van der Waals surface area contributed by atoms with Crippen LogP contribution in [0.3, 0.4) is 0 Å². The fourth-order valence-electron chi connectivity index (χ4n) is 4.31. The zero-order valence-corrected chi connectivity index (χ0v) is 14.7. The number of carbonyl (C=O) groups is 1. The smallest absolute Gasteiger partial charge is 0.222 e. The third-order valence-electron chi connectivity index (χ3n) is 5.71. The Morgan fingerprint density at radius 1 is 1.08 bits per heavy atom. The summed E-state index contributed by atoms with van der Waals surface area (Å²) in [5, 5.41) is 2.50. The van der Waals surface area contributed by atoms with Gasteiger partial charge in [0.05, 0.1) is 0 Å². The normalized spacial score (nSPS) is 25.5. The average Bonchev–Trinajstić information content (AvgIpc) is 3.15. The molecule has 2 aliphatic rings. The Balaban J connectivity index is 0.00000169. The average molecular weight is 345 g/mol. The first kappa shape index (κ1) is 17.2. The number of nitrogens with zero attached hydrogens (tertiary/aromatic N) is 1. The fraction of sp³-hybridized carbons (Fsp3) is 0.450. The molecule has 1 aliphatic carbocycles. The molecule has 1 saturated carbocycles. The maximum absolute atomic E-state index is 12.5. The van der Waals surface area contributed by atoms with E-state index in [0.29, 0.717) is 30.2 Å². The number of fused-ring (bicyclic) bond motifs is 2. The SMILES string of the molecule is Cl.NC1CCC2CN(C(=O)CCc3ccc4ccccc4c3)CC12. The molecule has 3 nitrogen and oxygen atoms in total. The molecule has 4 heteroatoms. The van der Waals surface area contributed by atoms with Crippen LogP contribution in [0.4, 0.5) is 0 Å². The second kappa shape index (κ2) is 7.12. The molecule has 4 rings (SSSR count). The number of rotatable bonds is 3. The summed E-state index contributed by atoms with van der Waals surface area (Å²) in [6.07, 6.45) is 3.75. The largest absolute Gasteiger partial charge is 0.342 e. The molecule has 2 N–H and O–H groups in total. The second-order valence-electron chi connectivity index (χ2n) is 7.15. The van der Waals surface area contributed by atoms with Gasteiger partial charge in [0.1, 0.15) is 0 Å². The highest BCUT2D eigenvalue weighted by molar-refractivity contribution is 5.85. The Kier molecular flexibility index (Phi) is 5.12. The monoisotopic (exact) mass is 344 g/mol. The molecule has 2 aromatic carbocycles. The summed E-state index contributed by atoms with van der Waals surface area (Å²) >= 11 is 0. The van der Waals surface area contributed by atoms with Gasteiger partial charge in [-0.15, -0.1) is 12.4 Å². The summed E-state index contributed by atoms with van der Waals surface area (Å²) < 4.78 is 0. The summed E-state index contributed by atoms with van der Waals surface area (Å²) in [4.78, 5) is 14.6. The predicted octanol–water partition coefficient (Wildman–Crippen LogP) is 3.39. The quantitative estimate of drug-likeness (QED) is 0.927. The lowest BCUT2D eigenvalue weighted by molar-refractivity contribution is -0.130. The van der Waals surface area contributed by atoms with Crippen molar-refractivity contribution in [2.24, 2.45) is 17.6 Å². The minimum Gasteiger partial charge on any atom is -0.342 e. The van der Waals surface area contributed by atoms with Crippen molar-refractivity contribution in [3.8, 4) is 0 Å². The third kappa shape index (κ3) is 3.28. The Hall–Kier alpha value is -1.58. The van der Waals surface area contributed by atoms with E-state index in [2.05, 4.69) is 47.4 Å². The van der Waals surface area contributed by atoms with Crippen LogP contribution in [0.25, 0.3) is 10.8 Å². The summed E-state index contributed by atoms with van der Waals surface area (Å²) in [5.74, 6) is 1.48. The molecule has 0 radical (unpaired) electrons. The van der Waals surface area contributed by atoms with Gasteiger partial charge in [-0.25, -0.2) is 0 Å². The van der Waals surface area contributed by atoms with E-state index in [-0.39, 0.29) is 12.4 Å². The van der Waals surface area contributed by atoms with Crippen LogP contribution in [0.1, 0.15) is 24.8 Å². The fourth-order valence-corrected chi connectivity index (χ4v) is 4.31. The van der Waals surface area contributed by atoms with E-state index in [4.69, 9.17) is 5.73 Å². The number of halogens is 1. The number of likely N-dealkylation sites (tertiary alicyclic amines) is 1. The molecule has 1 heterocycles. The molecule has 0 bridgehead atoms. The molecular formula is C20H25ClN2O. The number of carbonyl (C=O) groups excluding carboxylic acids is 1. The van der Waals surface area contributed by atoms with Crippen LogP contribution in [0.5, 0.6) is 0 Å². The Morgan fingerprint density at radius 3 is 2.67 bits per heavy atom. The van der Waals surface area contributed by atoms with Crippen molar-refractivity contribution in [2.75, 3.05) is 13.1 Å². The Bertz CT molecular complexity index is 732. The van der Waals surface area contributed by atoms with Gasteiger partial charge >= 0.3 is 0 Å². The second-order valence-corrected chi connectivity index (χ2v) is 7.15. The lowest BCUT2D eigenvalue weighted by Gasteiger charge is -2.18. The predicted molar refractivity (Wildman–Crippen MR) is 100 cm³/mol. The molecule has 1 aliphatic heterocycles. The summed E-state index contributed by atoms with van der Waals surface area (Å²) in [5.41, 5.74) is 7.41. The van der Waals surface area contributed by atoms with Gasteiger partial charge in [0.2, 0.25) is 5.91 Å². The molecule has 3 atom stereocenters. The van der Waals surface area contributed by atoms with Gasteiger partial charge in [0.15, 0.2) is 0 Å². The number of amides is 1. The van der Waals surface area contributed by atoms with Gasteiger partial charge in [0, 0.05) is 25.6 Å². The number of aryl methyl sites for hydroxylation is 1. The first-order valence-electron chi connectivity index (χ1n) is 8.72. The first-order chi connectivity index (χ1) is 11.2. The highest BCUT2D eigenvalue weighted by Crippen LogP contribution is 2.37. The molecule has 1 amide bonds. The minimum absolute atomic E-state index is 0. The van der Waals surface area contributed by atoms with Crippen LogP contribution < -0.4 is 5.73 Å². The van der Waals surface area contributed by atoms with Crippen LogP contribution in [-0.4, -0.2) is 29.9 Å². The van der Waals surface area contributed by atoms with E-state index in [1.807, 2.05) is 0 Å². The zero-order valence-electron chi connectivity index (χ0n) is 13.9. The topological polar surface area (TPSA) is 46.3 Å². The minimum atomic E-state index is 0. The highest BCUT2D eigenvalue weighted by atomic mass is 35.5. The molecule has 2 aromatic rings. The van der Waals surface area contributed by atoms with E-state index in [0.717, 1.165) is 25.9 Å². The van der Waals surface area contributed by atoms with Gasteiger partial charge in [-0.1, -0.05) is 42.5 Å². The Morgan fingerprint density at radius 2 is 1.88 bits per heavy atom. The number of benzene rings is 2. The molecule has 3 unspecified atom stereocenters. The zero-order chi connectivity index (χ0) is 15.8. The van der Waals surface area contributed by atoms with E-state index in [1.165, 1.54) is 22.8 Å². The summed E-state index contributed by atoms with van der Waals surface area (Å²) in [6, 6.07) is 15.2. The molecule has 2 fully saturated rings. The summed E-state index contributed by atoms with van der Waals surface area (Å²) in [6.45, 7) is 1.80. The van der Waals surface area contributed by atoms with Crippen molar-refractivity contribution < 1.29 is 4.79 Å². The van der Waals surface area contributed by atoms with Crippen molar-refractivity contribution in [3.63, 3.8) is 0 Å². The Labute approximate surface area is 149 Å². The van der Waals surface area contributed by atoms with E-state index >= 15 is 0 Å². The van der Waals surface area contributed by atoms with E-state index < -0.39 is 0 Å². The van der Waals surface area contributed by atoms with Crippen LogP contribution in [-0.2, 0) is 11.2 Å². The van der Waals surface area contributed by atoms with Gasteiger partial charge < -0.3 is 10.6 Å². The molecule has 1 saturated heterocycles. The number of hydrogen-bond donors (Lipinski definition) is 1. The lowest BCUT2D eigenvalue weighted by atomic mass is 9.98. The maximum atomic E-state index is 12.5. The summed E-state index contributed by atoms with van der Waals surface area (Å²) in [7, 11) is 0. The molecular weight excluding hydrogens is 320 g/mol. The van der Waals surface area contributed by atoms with Gasteiger partial charge in [0.25, 0.3) is 0 Å².